The van der Waals surface area contributed by atoms with E-state index in [9.17, 15) is 0 Å². The van der Waals surface area contributed by atoms with Gasteiger partial charge in [0.15, 0.2) is 0 Å². The first kappa shape index (κ1) is 8.64. The SMILES string of the molecule is Brc1cnc(CNc2nnco2)s1. The molecule has 0 fully saturated rings. The Kier molecular flexibility index (Phi) is 2.55. The minimum Gasteiger partial charge on any atom is -0.411 e. The van der Waals surface area contributed by atoms with Gasteiger partial charge >= 0.3 is 6.01 Å². The van der Waals surface area contributed by atoms with Gasteiger partial charge in [0.2, 0.25) is 6.39 Å². The third kappa shape index (κ3) is 2.25. The summed E-state index contributed by atoms with van der Waals surface area (Å²) >= 11 is 4.89. The van der Waals surface area contributed by atoms with Gasteiger partial charge in [0.25, 0.3) is 0 Å². The number of nitrogens with one attached hydrogen (secondary N) is 1. The van der Waals surface area contributed by atoms with Gasteiger partial charge in [0.05, 0.1) is 16.5 Å². The average Bonchev–Trinajstić information content (AvgIpc) is 2.71. The Morgan fingerprint density at radius 3 is 3.15 bits per heavy atom. The van der Waals surface area contributed by atoms with Crippen LogP contribution in [-0.2, 0) is 6.54 Å². The first-order valence-electron chi connectivity index (χ1n) is 3.45. The van der Waals surface area contributed by atoms with E-state index in [0.29, 0.717) is 12.6 Å². The lowest BCUT2D eigenvalue weighted by Gasteiger charge is -1.94. The topological polar surface area (TPSA) is 63.8 Å². The van der Waals surface area contributed by atoms with Crippen molar-refractivity contribution in [2.45, 2.75) is 6.54 Å². The van der Waals surface area contributed by atoms with Crippen molar-refractivity contribution in [3.8, 4) is 0 Å². The Morgan fingerprint density at radius 2 is 2.54 bits per heavy atom. The highest BCUT2D eigenvalue weighted by Gasteiger charge is 2.01. The van der Waals surface area contributed by atoms with E-state index in [1.165, 1.54) is 6.39 Å². The first-order valence-corrected chi connectivity index (χ1v) is 5.06. The number of anilines is 1. The molecule has 2 heterocycles. The molecule has 1 N–H and O–H groups in total. The fraction of sp³-hybridized carbons (Fsp3) is 0.167. The second-order valence-electron chi connectivity index (χ2n) is 2.16. The zero-order valence-electron chi connectivity index (χ0n) is 6.40. The molecule has 0 amide bonds. The highest BCUT2D eigenvalue weighted by atomic mass is 79.9. The van der Waals surface area contributed by atoms with E-state index in [0.717, 1.165) is 8.79 Å². The highest BCUT2D eigenvalue weighted by Crippen LogP contribution is 2.19. The maximum absolute atomic E-state index is 4.89. The summed E-state index contributed by atoms with van der Waals surface area (Å²) in [4.78, 5) is 4.13. The van der Waals surface area contributed by atoms with Crippen LogP contribution in [0.15, 0.2) is 20.8 Å². The van der Waals surface area contributed by atoms with E-state index in [2.05, 4.69) is 36.4 Å². The average molecular weight is 261 g/mol. The van der Waals surface area contributed by atoms with Crippen molar-refractivity contribution in [3.05, 3.63) is 21.4 Å². The lowest BCUT2D eigenvalue weighted by atomic mass is 10.7. The van der Waals surface area contributed by atoms with Gasteiger partial charge in [-0.3, -0.25) is 0 Å². The third-order valence-electron chi connectivity index (χ3n) is 1.28. The van der Waals surface area contributed by atoms with E-state index in [4.69, 9.17) is 4.42 Å². The number of nitrogens with zero attached hydrogens (tertiary/aromatic N) is 3. The molecule has 0 aliphatic heterocycles. The molecule has 0 bridgehead atoms. The van der Waals surface area contributed by atoms with Gasteiger partial charge < -0.3 is 9.73 Å². The van der Waals surface area contributed by atoms with Crippen molar-refractivity contribution in [1.82, 2.24) is 15.2 Å². The van der Waals surface area contributed by atoms with Crippen LogP contribution in [-0.4, -0.2) is 15.2 Å². The Morgan fingerprint density at radius 1 is 1.62 bits per heavy atom. The molecule has 7 heteroatoms. The summed E-state index contributed by atoms with van der Waals surface area (Å²) in [5.74, 6) is 0. The summed E-state index contributed by atoms with van der Waals surface area (Å²) in [6, 6.07) is 0.409. The zero-order valence-corrected chi connectivity index (χ0v) is 8.80. The van der Waals surface area contributed by atoms with E-state index < -0.39 is 0 Å². The van der Waals surface area contributed by atoms with E-state index in [-0.39, 0.29) is 0 Å². The largest absolute Gasteiger partial charge is 0.411 e. The summed E-state index contributed by atoms with van der Waals surface area (Å²) in [6.45, 7) is 0.596. The first-order chi connectivity index (χ1) is 6.34. The smallest absolute Gasteiger partial charge is 0.315 e. The number of aromatic nitrogens is 3. The lowest BCUT2D eigenvalue weighted by Crippen LogP contribution is -1.98. The van der Waals surface area contributed by atoms with E-state index >= 15 is 0 Å². The maximum Gasteiger partial charge on any atom is 0.315 e. The molecule has 0 radical (unpaired) electrons. The molecule has 0 aliphatic rings. The summed E-state index contributed by atoms with van der Waals surface area (Å²) < 4.78 is 5.90. The second kappa shape index (κ2) is 3.84. The third-order valence-corrected chi connectivity index (χ3v) is 2.75. The molecule has 0 saturated heterocycles. The number of thiazole rings is 1. The summed E-state index contributed by atoms with van der Waals surface area (Å²) in [5, 5.41) is 11.1. The molecule has 0 atom stereocenters. The van der Waals surface area contributed by atoms with Crippen LogP contribution in [0.4, 0.5) is 6.01 Å². The predicted octanol–water partition coefficient (Wildman–Crippen LogP) is 1.90. The number of halogens is 1. The van der Waals surface area contributed by atoms with Gasteiger partial charge in [-0.1, -0.05) is 5.10 Å². The molecule has 0 saturated carbocycles. The van der Waals surface area contributed by atoms with Crippen molar-refractivity contribution in [3.63, 3.8) is 0 Å². The Bertz CT molecular complexity index is 374. The highest BCUT2D eigenvalue weighted by molar-refractivity contribution is 9.11. The van der Waals surface area contributed by atoms with Gasteiger partial charge in [-0.25, -0.2) is 4.98 Å². The second-order valence-corrected chi connectivity index (χ2v) is 4.65. The van der Waals surface area contributed by atoms with Gasteiger partial charge in [-0.2, -0.15) is 0 Å². The number of hydrogen-bond donors (Lipinski definition) is 1. The lowest BCUT2D eigenvalue weighted by molar-refractivity contribution is 0.565. The summed E-state index contributed by atoms with van der Waals surface area (Å²) in [5.41, 5.74) is 0. The Labute approximate surface area is 86.3 Å². The molecule has 2 aromatic heterocycles. The normalized spacial score (nSPS) is 10.2. The predicted molar refractivity (Wildman–Crippen MR) is 51.4 cm³/mol. The Balaban J connectivity index is 1.93. The molecule has 0 aliphatic carbocycles. The van der Waals surface area contributed by atoms with Gasteiger partial charge in [-0.15, -0.1) is 16.4 Å². The van der Waals surface area contributed by atoms with Crippen molar-refractivity contribution < 1.29 is 4.42 Å². The summed E-state index contributed by atoms with van der Waals surface area (Å²) in [7, 11) is 0. The summed E-state index contributed by atoms with van der Waals surface area (Å²) in [6.07, 6.45) is 3.04. The van der Waals surface area contributed by atoms with Crippen LogP contribution in [0.2, 0.25) is 0 Å². The van der Waals surface area contributed by atoms with Crippen molar-refractivity contribution in [2.75, 3.05) is 5.32 Å². The van der Waals surface area contributed by atoms with Crippen LogP contribution in [0.25, 0.3) is 0 Å². The van der Waals surface area contributed by atoms with Crippen molar-refractivity contribution in [2.24, 2.45) is 0 Å². The van der Waals surface area contributed by atoms with Crippen molar-refractivity contribution in [1.29, 1.82) is 0 Å². The number of rotatable bonds is 3. The van der Waals surface area contributed by atoms with E-state index in [1.807, 2.05) is 0 Å². The van der Waals surface area contributed by atoms with E-state index in [1.54, 1.807) is 17.5 Å². The minimum absolute atomic E-state index is 0.409. The zero-order chi connectivity index (χ0) is 9.10. The van der Waals surface area contributed by atoms with Gasteiger partial charge in [0, 0.05) is 0 Å². The van der Waals surface area contributed by atoms with Gasteiger partial charge in [0.1, 0.15) is 5.01 Å². The molecular weight excluding hydrogens is 256 g/mol. The molecule has 2 rings (SSSR count). The number of hydrogen-bond acceptors (Lipinski definition) is 6. The van der Waals surface area contributed by atoms with Crippen molar-refractivity contribution >= 4 is 33.3 Å². The minimum atomic E-state index is 0.409. The van der Waals surface area contributed by atoms with Crippen LogP contribution < -0.4 is 5.32 Å². The standard InChI is InChI=1S/C6H5BrN4OS/c7-4-1-8-5(13-4)2-9-6-11-10-3-12-6/h1,3H,2H2,(H,9,11). The molecular formula is C6H5BrN4OS. The molecule has 13 heavy (non-hydrogen) atoms. The molecule has 0 unspecified atom stereocenters. The molecule has 2 aromatic rings. The molecule has 68 valence electrons. The maximum atomic E-state index is 4.89. The Hall–Kier alpha value is -0.950. The molecule has 0 spiro atoms. The van der Waals surface area contributed by atoms with Crippen LogP contribution in [0.5, 0.6) is 0 Å². The fourth-order valence-corrected chi connectivity index (χ4v) is 2.01. The molecule has 0 aromatic carbocycles. The quantitative estimate of drug-likeness (QED) is 0.914. The fourth-order valence-electron chi connectivity index (χ4n) is 0.771. The van der Waals surface area contributed by atoms with Gasteiger partial charge in [-0.05, 0) is 15.9 Å². The van der Waals surface area contributed by atoms with Crippen LogP contribution in [0.3, 0.4) is 0 Å². The van der Waals surface area contributed by atoms with Crippen LogP contribution in [0, 0.1) is 0 Å². The molecule has 5 nitrogen and oxygen atoms in total. The van der Waals surface area contributed by atoms with Crippen LogP contribution in [0.1, 0.15) is 5.01 Å². The van der Waals surface area contributed by atoms with Crippen LogP contribution >= 0.6 is 27.3 Å². The monoisotopic (exact) mass is 260 g/mol.